The van der Waals surface area contributed by atoms with E-state index in [9.17, 15) is 8.42 Å². The van der Waals surface area contributed by atoms with Gasteiger partial charge in [-0.15, -0.1) is 4.72 Å². The third-order valence-electron chi connectivity index (χ3n) is 1.25. The molecular weight excluding hydrogens is 178 g/mol. The summed E-state index contributed by atoms with van der Waals surface area (Å²) in [5, 5.41) is 0. The first-order chi connectivity index (χ1) is 5.47. The van der Waals surface area contributed by atoms with Gasteiger partial charge in [-0.1, -0.05) is 17.7 Å². The van der Waals surface area contributed by atoms with E-state index in [1.165, 1.54) is 12.1 Å². The molecule has 0 unspecified atom stereocenters. The molecule has 0 bridgehead atoms. The Morgan fingerprint density at radius 2 is 1.75 bits per heavy atom. The lowest BCUT2D eigenvalue weighted by atomic mass is 10.2. The Kier molecular flexibility index (Phi) is 2.35. The molecule has 0 aliphatic heterocycles. The Hall–Kier alpha value is -1.07. The van der Waals surface area contributed by atoms with Crippen LogP contribution in [0.5, 0.6) is 0 Å². The monoisotopic (exact) mass is 186 g/mol. The molecule has 0 saturated carbocycles. The van der Waals surface area contributed by atoms with Crippen LogP contribution in [0.2, 0.25) is 0 Å². The van der Waals surface area contributed by atoms with Crippen molar-refractivity contribution < 1.29 is 13.0 Å². The van der Waals surface area contributed by atoms with Gasteiger partial charge in [0.05, 0.1) is 5.69 Å². The highest BCUT2D eigenvalue weighted by Gasteiger charge is 2.05. The minimum Gasteiger partial charge on any atom is -0.268 e. The van der Waals surface area contributed by atoms with Gasteiger partial charge in [0.25, 0.3) is 0 Å². The lowest BCUT2D eigenvalue weighted by Crippen LogP contribution is -2.08. The first-order valence-corrected chi connectivity index (χ1v) is 4.64. The molecule has 1 N–H and O–H groups in total. The standard InChI is InChI=1S/C7H8NO3S/c1-6-2-4-7(5-3-6)8-12(9,10)11/h2-5H,1H3,(H,9,10,11). The zero-order chi connectivity index (χ0) is 9.19. The van der Waals surface area contributed by atoms with Crippen molar-refractivity contribution in [3.05, 3.63) is 29.8 Å². The van der Waals surface area contributed by atoms with Crippen LogP contribution < -0.4 is 4.72 Å². The van der Waals surface area contributed by atoms with E-state index in [1.807, 2.05) is 6.92 Å². The minimum absolute atomic E-state index is 0.225. The summed E-state index contributed by atoms with van der Waals surface area (Å²) in [5.74, 6) is 0. The molecule has 5 heteroatoms. The highest BCUT2D eigenvalue weighted by molar-refractivity contribution is 7.83. The third-order valence-corrected chi connectivity index (χ3v) is 1.70. The van der Waals surface area contributed by atoms with Crippen molar-refractivity contribution in [2.75, 3.05) is 0 Å². The van der Waals surface area contributed by atoms with Crippen LogP contribution in [0, 0.1) is 6.92 Å². The van der Waals surface area contributed by atoms with Gasteiger partial charge in [0.15, 0.2) is 0 Å². The van der Waals surface area contributed by atoms with E-state index < -0.39 is 10.3 Å². The van der Waals surface area contributed by atoms with Crippen molar-refractivity contribution in [1.82, 2.24) is 4.72 Å². The molecule has 1 radical (unpaired) electrons. The molecule has 0 saturated heterocycles. The summed E-state index contributed by atoms with van der Waals surface area (Å²) in [4.78, 5) is 0. The molecule has 65 valence electrons. The van der Waals surface area contributed by atoms with Crippen LogP contribution >= 0.6 is 0 Å². The first-order valence-electron chi connectivity index (χ1n) is 3.24. The molecule has 1 rings (SSSR count). The van der Waals surface area contributed by atoms with Gasteiger partial charge in [-0.25, -0.2) is 0 Å². The molecule has 0 spiro atoms. The van der Waals surface area contributed by atoms with Gasteiger partial charge in [0, 0.05) is 0 Å². The summed E-state index contributed by atoms with van der Waals surface area (Å²) in [6.07, 6.45) is 0. The maximum Gasteiger partial charge on any atom is 0.378 e. The Balaban J connectivity index is 2.85. The van der Waals surface area contributed by atoms with Gasteiger partial charge < -0.3 is 0 Å². The second-order valence-corrected chi connectivity index (χ2v) is 3.45. The Bertz CT molecular complexity index is 355. The van der Waals surface area contributed by atoms with Crippen LogP contribution in [0.1, 0.15) is 5.56 Å². The highest BCUT2D eigenvalue weighted by atomic mass is 32.2. The van der Waals surface area contributed by atoms with Crippen LogP contribution in [-0.2, 0) is 10.3 Å². The van der Waals surface area contributed by atoms with Gasteiger partial charge in [-0.3, -0.25) is 4.55 Å². The topological polar surface area (TPSA) is 68.5 Å². The number of rotatable bonds is 2. The van der Waals surface area contributed by atoms with Crippen LogP contribution in [0.3, 0.4) is 0 Å². The molecular formula is C7H8NO3S. The SMILES string of the molecule is Cc1ccc([N]S(=O)(=O)O)cc1. The second kappa shape index (κ2) is 3.12. The van der Waals surface area contributed by atoms with E-state index in [4.69, 9.17) is 4.55 Å². The molecule has 0 aliphatic rings. The predicted octanol–water partition coefficient (Wildman–Crippen LogP) is 1.03. The zero-order valence-corrected chi connectivity index (χ0v) is 7.25. The molecule has 0 heterocycles. The quantitative estimate of drug-likeness (QED) is 0.701. The van der Waals surface area contributed by atoms with Gasteiger partial charge in [0.1, 0.15) is 0 Å². The molecule has 0 aromatic heterocycles. The van der Waals surface area contributed by atoms with E-state index in [2.05, 4.69) is 4.72 Å². The van der Waals surface area contributed by atoms with Crippen molar-refractivity contribution in [2.24, 2.45) is 0 Å². The lowest BCUT2D eigenvalue weighted by Gasteiger charge is -1.97. The predicted molar refractivity (Wildman–Crippen MR) is 44.5 cm³/mol. The molecule has 1 aromatic rings. The van der Waals surface area contributed by atoms with Crippen molar-refractivity contribution in [1.29, 1.82) is 0 Å². The molecule has 0 amide bonds. The van der Waals surface area contributed by atoms with Gasteiger partial charge in [-0.2, -0.15) is 8.42 Å². The molecule has 12 heavy (non-hydrogen) atoms. The fourth-order valence-electron chi connectivity index (χ4n) is 0.739. The average molecular weight is 186 g/mol. The average Bonchev–Trinajstić information content (AvgIpc) is 1.91. The van der Waals surface area contributed by atoms with Crippen LogP contribution in [0.4, 0.5) is 5.69 Å². The van der Waals surface area contributed by atoms with Crippen molar-refractivity contribution in [3.63, 3.8) is 0 Å². The molecule has 1 aromatic carbocycles. The van der Waals surface area contributed by atoms with Crippen molar-refractivity contribution >= 4 is 16.0 Å². The molecule has 4 nitrogen and oxygen atoms in total. The third kappa shape index (κ3) is 2.89. The smallest absolute Gasteiger partial charge is 0.268 e. The van der Waals surface area contributed by atoms with Crippen molar-refractivity contribution in [3.8, 4) is 0 Å². The van der Waals surface area contributed by atoms with E-state index in [0.717, 1.165) is 5.56 Å². The molecule has 0 fully saturated rings. The van der Waals surface area contributed by atoms with E-state index in [1.54, 1.807) is 12.1 Å². The Morgan fingerprint density at radius 1 is 1.25 bits per heavy atom. The summed E-state index contributed by atoms with van der Waals surface area (Å²) >= 11 is 0. The first kappa shape index (κ1) is 9.02. The van der Waals surface area contributed by atoms with Crippen LogP contribution in [0.15, 0.2) is 24.3 Å². The summed E-state index contributed by atoms with van der Waals surface area (Å²) < 4.78 is 32.0. The highest BCUT2D eigenvalue weighted by Crippen LogP contribution is 2.09. The summed E-state index contributed by atoms with van der Waals surface area (Å²) in [7, 11) is -4.27. The Morgan fingerprint density at radius 3 is 2.17 bits per heavy atom. The van der Waals surface area contributed by atoms with Gasteiger partial charge in [-0.05, 0) is 19.1 Å². The second-order valence-electron chi connectivity index (χ2n) is 2.37. The van der Waals surface area contributed by atoms with E-state index in [0.29, 0.717) is 0 Å². The van der Waals surface area contributed by atoms with E-state index in [-0.39, 0.29) is 5.69 Å². The summed E-state index contributed by atoms with van der Waals surface area (Å²) in [6.45, 7) is 1.87. The summed E-state index contributed by atoms with van der Waals surface area (Å²) in [5.41, 5.74) is 1.23. The normalized spacial score (nSPS) is 11.2. The maximum absolute atomic E-state index is 10.3. The molecule has 0 aliphatic carbocycles. The zero-order valence-electron chi connectivity index (χ0n) is 6.43. The number of nitrogens with zero attached hydrogens (tertiary/aromatic N) is 1. The van der Waals surface area contributed by atoms with Crippen LogP contribution in [-0.4, -0.2) is 13.0 Å². The Labute approximate surface area is 71.1 Å². The molecule has 0 atom stereocenters. The largest absolute Gasteiger partial charge is 0.378 e. The fraction of sp³-hybridized carbons (Fsp3) is 0.143. The van der Waals surface area contributed by atoms with Crippen molar-refractivity contribution in [2.45, 2.75) is 6.92 Å². The minimum atomic E-state index is -4.27. The van der Waals surface area contributed by atoms with E-state index >= 15 is 0 Å². The number of hydrogen-bond donors (Lipinski definition) is 1. The summed E-state index contributed by atoms with van der Waals surface area (Å²) in [6, 6.07) is 6.46. The van der Waals surface area contributed by atoms with Gasteiger partial charge >= 0.3 is 10.3 Å². The maximum atomic E-state index is 10.3. The number of benzene rings is 1. The van der Waals surface area contributed by atoms with Crippen LogP contribution in [0.25, 0.3) is 0 Å². The number of aryl methyl sites for hydroxylation is 1. The lowest BCUT2D eigenvalue weighted by molar-refractivity contribution is 0.476. The fourth-order valence-corrected chi connectivity index (χ4v) is 1.13. The van der Waals surface area contributed by atoms with Gasteiger partial charge in [0.2, 0.25) is 0 Å². The number of hydrogen-bond acceptors (Lipinski definition) is 2.